The molecule has 0 aromatic heterocycles. The quantitative estimate of drug-likeness (QED) is 0.790. The van der Waals surface area contributed by atoms with E-state index in [1.165, 1.54) is 32.1 Å². The molecule has 2 aliphatic rings. The van der Waals surface area contributed by atoms with Gasteiger partial charge in [-0.1, -0.05) is 26.7 Å². The Labute approximate surface area is 127 Å². The normalized spacial score (nSPS) is 28.0. The molecule has 0 aromatic rings. The lowest BCUT2D eigenvalue weighted by atomic mass is 9.78. The lowest BCUT2D eigenvalue weighted by molar-refractivity contribution is -0.141. The van der Waals surface area contributed by atoms with Crippen LogP contribution < -0.4 is 5.32 Å². The van der Waals surface area contributed by atoms with Gasteiger partial charge in [0.1, 0.15) is 0 Å². The minimum absolute atomic E-state index is 0.0776. The van der Waals surface area contributed by atoms with Crippen molar-refractivity contribution >= 4 is 11.9 Å². The van der Waals surface area contributed by atoms with E-state index in [2.05, 4.69) is 19.2 Å². The Hall–Kier alpha value is -1.06. The summed E-state index contributed by atoms with van der Waals surface area (Å²) in [6, 6.07) is 0. The Morgan fingerprint density at radius 1 is 1.19 bits per heavy atom. The van der Waals surface area contributed by atoms with E-state index in [1.54, 1.807) is 0 Å². The van der Waals surface area contributed by atoms with Crippen LogP contribution in [-0.2, 0) is 9.59 Å². The van der Waals surface area contributed by atoms with Gasteiger partial charge in [-0.05, 0) is 49.9 Å². The van der Waals surface area contributed by atoms with E-state index in [-0.39, 0.29) is 23.2 Å². The smallest absolute Gasteiger partial charge is 0.306 e. The third kappa shape index (κ3) is 4.21. The van der Waals surface area contributed by atoms with Gasteiger partial charge in [0.05, 0.1) is 5.92 Å². The van der Waals surface area contributed by atoms with Crippen LogP contribution in [0.4, 0.5) is 0 Å². The van der Waals surface area contributed by atoms with Crippen LogP contribution in [-0.4, -0.2) is 23.5 Å². The fraction of sp³-hybridized carbons (Fsp3) is 0.882. The summed E-state index contributed by atoms with van der Waals surface area (Å²) in [4.78, 5) is 23.3. The van der Waals surface area contributed by atoms with Crippen molar-refractivity contribution in [2.75, 3.05) is 6.54 Å². The number of carboxylic acid groups (broad SMARTS) is 1. The number of hydrogen-bond acceptors (Lipinski definition) is 2. The van der Waals surface area contributed by atoms with E-state index in [4.69, 9.17) is 5.11 Å². The highest BCUT2D eigenvalue weighted by atomic mass is 16.4. The summed E-state index contributed by atoms with van der Waals surface area (Å²) in [5, 5.41) is 12.2. The molecular weight excluding hydrogens is 266 g/mol. The van der Waals surface area contributed by atoms with Gasteiger partial charge in [-0.3, -0.25) is 9.59 Å². The maximum absolute atomic E-state index is 12.3. The van der Waals surface area contributed by atoms with Crippen molar-refractivity contribution in [1.29, 1.82) is 0 Å². The van der Waals surface area contributed by atoms with Crippen molar-refractivity contribution in [3.05, 3.63) is 0 Å². The van der Waals surface area contributed by atoms with Gasteiger partial charge in [-0.2, -0.15) is 0 Å². The molecule has 0 aliphatic heterocycles. The van der Waals surface area contributed by atoms with Gasteiger partial charge in [0.15, 0.2) is 0 Å². The molecule has 2 unspecified atom stereocenters. The molecule has 120 valence electrons. The Morgan fingerprint density at radius 3 is 2.33 bits per heavy atom. The Bertz CT molecular complexity index is 385. The average molecular weight is 295 g/mol. The predicted molar refractivity (Wildman–Crippen MR) is 81.8 cm³/mol. The summed E-state index contributed by atoms with van der Waals surface area (Å²) in [7, 11) is 0. The molecule has 2 N–H and O–H groups in total. The van der Waals surface area contributed by atoms with Crippen LogP contribution in [0, 0.1) is 23.2 Å². The molecule has 1 amide bonds. The first-order chi connectivity index (χ1) is 9.92. The van der Waals surface area contributed by atoms with Gasteiger partial charge >= 0.3 is 5.97 Å². The Balaban J connectivity index is 1.84. The van der Waals surface area contributed by atoms with Crippen molar-refractivity contribution in [3.8, 4) is 0 Å². The lowest BCUT2D eigenvalue weighted by Crippen LogP contribution is -2.39. The van der Waals surface area contributed by atoms with Crippen molar-refractivity contribution < 1.29 is 14.7 Å². The van der Waals surface area contributed by atoms with Gasteiger partial charge in [0.25, 0.3) is 0 Å². The summed E-state index contributed by atoms with van der Waals surface area (Å²) >= 11 is 0. The number of aliphatic carboxylic acids is 1. The Morgan fingerprint density at radius 2 is 1.81 bits per heavy atom. The first-order valence-electron chi connectivity index (χ1n) is 8.42. The van der Waals surface area contributed by atoms with Gasteiger partial charge in [-0.25, -0.2) is 0 Å². The molecule has 0 bridgehead atoms. The second-order valence-corrected chi connectivity index (χ2v) is 7.57. The highest BCUT2D eigenvalue weighted by molar-refractivity contribution is 5.80. The molecule has 0 radical (unpaired) electrons. The first kappa shape index (κ1) is 16.3. The summed E-state index contributed by atoms with van der Waals surface area (Å²) in [5.74, 6) is -0.436. The maximum Gasteiger partial charge on any atom is 0.306 e. The van der Waals surface area contributed by atoms with Gasteiger partial charge in [0, 0.05) is 12.5 Å². The number of hydrogen-bond donors (Lipinski definition) is 2. The molecule has 0 saturated heterocycles. The molecular formula is C17H29NO3. The highest BCUT2D eigenvalue weighted by Gasteiger charge is 2.37. The summed E-state index contributed by atoms with van der Waals surface area (Å²) in [5.41, 5.74) is 0.286. The van der Waals surface area contributed by atoms with E-state index in [0.717, 1.165) is 13.0 Å². The molecule has 0 heterocycles. The number of carbonyl (C=O) groups excluding carboxylic acids is 1. The minimum atomic E-state index is -0.752. The number of nitrogens with one attached hydrogen (secondary N) is 1. The number of rotatable bonds is 6. The van der Waals surface area contributed by atoms with E-state index in [9.17, 15) is 9.59 Å². The molecule has 2 atom stereocenters. The summed E-state index contributed by atoms with van der Waals surface area (Å²) in [6.07, 6.45) is 8.03. The maximum atomic E-state index is 12.3. The topological polar surface area (TPSA) is 66.4 Å². The number of carboxylic acids is 1. The van der Waals surface area contributed by atoms with Crippen LogP contribution in [0.15, 0.2) is 0 Å². The molecule has 21 heavy (non-hydrogen) atoms. The molecule has 2 aliphatic carbocycles. The molecule has 4 heteroatoms. The van der Waals surface area contributed by atoms with Crippen LogP contribution in [0.5, 0.6) is 0 Å². The zero-order chi connectivity index (χ0) is 15.5. The molecule has 2 saturated carbocycles. The molecule has 2 rings (SSSR count). The van der Waals surface area contributed by atoms with E-state index in [1.807, 2.05) is 0 Å². The molecule has 4 nitrogen and oxygen atoms in total. The number of amides is 1. The third-order valence-electron chi connectivity index (χ3n) is 5.30. The van der Waals surface area contributed by atoms with Gasteiger partial charge in [0.2, 0.25) is 5.91 Å². The summed E-state index contributed by atoms with van der Waals surface area (Å²) < 4.78 is 0. The van der Waals surface area contributed by atoms with E-state index >= 15 is 0 Å². The van der Waals surface area contributed by atoms with Crippen molar-refractivity contribution in [2.24, 2.45) is 23.2 Å². The second-order valence-electron chi connectivity index (χ2n) is 7.57. The van der Waals surface area contributed by atoms with E-state index in [0.29, 0.717) is 18.8 Å². The highest BCUT2D eigenvalue weighted by Crippen LogP contribution is 2.42. The molecule has 2 fully saturated rings. The minimum Gasteiger partial charge on any atom is -0.481 e. The van der Waals surface area contributed by atoms with Crippen molar-refractivity contribution in [3.63, 3.8) is 0 Å². The Kier molecular flexibility index (Phi) is 5.28. The monoisotopic (exact) mass is 295 g/mol. The molecule has 0 aromatic carbocycles. The zero-order valence-electron chi connectivity index (χ0n) is 13.4. The zero-order valence-corrected chi connectivity index (χ0v) is 13.4. The van der Waals surface area contributed by atoms with Gasteiger partial charge in [-0.15, -0.1) is 0 Å². The van der Waals surface area contributed by atoms with Crippen LogP contribution >= 0.6 is 0 Å². The van der Waals surface area contributed by atoms with Crippen LogP contribution in [0.3, 0.4) is 0 Å². The second kappa shape index (κ2) is 6.80. The van der Waals surface area contributed by atoms with Gasteiger partial charge < -0.3 is 10.4 Å². The van der Waals surface area contributed by atoms with E-state index < -0.39 is 5.97 Å². The fourth-order valence-corrected chi connectivity index (χ4v) is 4.31. The van der Waals surface area contributed by atoms with Crippen LogP contribution in [0.25, 0.3) is 0 Å². The van der Waals surface area contributed by atoms with Crippen molar-refractivity contribution in [2.45, 2.75) is 65.2 Å². The largest absolute Gasteiger partial charge is 0.481 e. The molecule has 0 spiro atoms. The van der Waals surface area contributed by atoms with Crippen molar-refractivity contribution in [1.82, 2.24) is 5.32 Å². The SMILES string of the molecule is CC(C)CC1(CNC(=O)C2CCC(C(=O)O)C2)CCCC1. The summed E-state index contributed by atoms with van der Waals surface area (Å²) in [6.45, 7) is 5.27. The van der Waals surface area contributed by atoms with Crippen LogP contribution in [0.1, 0.15) is 65.2 Å². The standard InChI is InChI=1S/C17H29NO3/c1-12(2)10-17(7-3-4-8-17)11-18-15(19)13-5-6-14(9-13)16(20)21/h12-14H,3-11H2,1-2H3,(H,18,19)(H,20,21). The first-order valence-corrected chi connectivity index (χ1v) is 8.42. The predicted octanol–water partition coefficient (Wildman–Crippen LogP) is 3.21. The fourth-order valence-electron chi connectivity index (χ4n) is 4.31. The average Bonchev–Trinajstić information content (AvgIpc) is 3.04. The van der Waals surface area contributed by atoms with Crippen LogP contribution in [0.2, 0.25) is 0 Å². The third-order valence-corrected chi connectivity index (χ3v) is 5.30. The lowest BCUT2D eigenvalue weighted by Gasteiger charge is -2.31. The number of carbonyl (C=O) groups is 2.